The van der Waals surface area contributed by atoms with Gasteiger partial charge in [-0.3, -0.25) is 4.79 Å². The number of benzene rings is 2. The molecule has 1 amide bonds. The van der Waals surface area contributed by atoms with Crippen LogP contribution >= 0.6 is 0 Å². The number of anilines is 3. The molecule has 31 heavy (non-hydrogen) atoms. The summed E-state index contributed by atoms with van der Waals surface area (Å²) in [6.07, 6.45) is 4.27. The Morgan fingerprint density at radius 3 is 2.61 bits per heavy atom. The number of nitrogens with zero attached hydrogens (tertiary/aromatic N) is 2. The molecule has 2 aromatic carbocycles. The molecular formula is C23H20N4O4. The lowest BCUT2D eigenvalue weighted by Gasteiger charge is -2.15. The molecule has 0 saturated carbocycles. The van der Waals surface area contributed by atoms with Crippen LogP contribution in [-0.4, -0.2) is 30.1 Å². The van der Waals surface area contributed by atoms with Crippen molar-refractivity contribution in [1.29, 1.82) is 0 Å². The van der Waals surface area contributed by atoms with Gasteiger partial charge in [-0.05, 0) is 42.5 Å². The van der Waals surface area contributed by atoms with Crippen LogP contribution in [0.3, 0.4) is 0 Å². The number of carbonyl (C=O) groups excluding carboxylic acids is 1. The number of rotatable bonds is 7. The zero-order valence-electron chi connectivity index (χ0n) is 17.0. The highest BCUT2D eigenvalue weighted by Crippen LogP contribution is 2.36. The first kappa shape index (κ1) is 20.0. The molecule has 8 nitrogen and oxygen atoms in total. The Morgan fingerprint density at radius 1 is 1.06 bits per heavy atom. The summed E-state index contributed by atoms with van der Waals surface area (Å²) in [5, 5.41) is 6.74. The standard InChI is InChI=1S/C23H20N4O4/c1-4-22(28)26-18-11-15-16(12-21(18)30-3)24-13-25-23(15)27-17-10-14(7-8-20(17)29-2)19-6-5-9-31-19/h4-13H,1H2,2-3H3,(H,26,28)(H,24,25,27). The van der Waals surface area contributed by atoms with Gasteiger partial charge in [0, 0.05) is 17.0 Å². The third-order valence-corrected chi connectivity index (χ3v) is 4.66. The van der Waals surface area contributed by atoms with Gasteiger partial charge in [-0.2, -0.15) is 0 Å². The molecule has 4 rings (SSSR count). The fourth-order valence-corrected chi connectivity index (χ4v) is 3.16. The van der Waals surface area contributed by atoms with Crippen molar-refractivity contribution in [2.45, 2.75) is 0 Å². The van der Waals surface area contributed by atoms with Gasteiger partial charge in [-0.1, -0.05) is 6.58 Å². The number of fused-ring (bicyclic) bond motifs is 1. The normalized spacial score (nSPS) is 10.5. The van der Waals surface area contributed by atoms with Crippen molar-refractivity contribution in [2.24, 2.45) is 0 Å². The summed E-state index contributed by atoms with van der Waals surface area (Å²) >= 11 is 0. The van der Waals surface area contributed by atoms with Gasteiger partial charge < -0.3 is 24.5 Å². The first-order valence-corrected chi connectivity index (χ1v) is 9.38. The lowest BCUT2D eigenvalue weighted by molar-refractivity contribution is -0.111. The van der Waals surface area contributed by atoms with E-state index in [1.165, 1.54) is 19.5 Å². The van der Waals surface area contributed by atoms with Gasteiger partial charge in [0.05, 0.1) is 37.4 Å². The maximum Gasteiger partial charge on any atom is 0.247 e. The average Bonchev–Trinajstić information content (AvgIpc) is 3.34. The zero-order chi connectivity index (χ0) is 21.8. The summed E-state index contributed by atoms with van der Waals surface area (Å²) < 4.78 is 16.4. The molecule has 2 N–H and O–H groups in total. The molecule has 2 heterocycles. The molecule has 0 saturated heterocycles. The van der Waals surface area contributed by atoms with Crippen LogP contribution in [0, 0.1) is 0 Å². The van der Waals surface area contributed by atoms with E-state index in [1.807, 2.05) is 30.3 Å². The maximum atomic E-state index is 11.8. The summed E-state index contributed by atoms with van der Waals surface area (Å²) in [4.78, 5) is 20.6. The van der Waals surface area contributed by atoms with Crippen molar-refractivity contribution in [2.75, 3.05) is 24.9 Å². The molecule has 0 unspecified atom stereocenters. The van der Waals surface area contributed by atoms with Crippen molar-refractivity contribution < 1.29 is 18.7 Å². The first-order valence-electron chi connectivity index (χ1n) is 9.38. The van der Waals surface area contributed by atoms with Crippen LogP contribution in [0.25, 0.3) is 22.2 Å². The number of methoxy groups -OCH3 is 2. The van der Waals surface area contributed by atoms with E-state index in [0.29, 0.717) is 39.6 Å². The summed E-state index contributed by atoms with van der Waals surface area (Å²) in [6.45, 7) is 3.48. The predicted octanol–water partition coefficient (Wildman–Crippen LogP) is 4.78. The Hall–Kier alpha value is -4.33. The summed E-state index contributed by atoms with van der Waals surface area (Å²) in [5.74, 6) is 2.03. The fraction of sp³-hybridized carbons (Fsp3) is 0.0870. The van der Waals surface area contributed by atoms with Crippen molar-refractivity contribution >= 4 is 34.0 Å². The number of hydrogen-bond acceptors (Lipinski definition) is 7. The van der Waals surface area contributed by atoms with Gasteiger partial charge >= 0.3 is 0 Å². The number of amides is 1. The lowest BCUT2D eigenvalue weighted by Crippen LogP contribution is -2.09. The second-order valence-corrected chi connectivity index (χ2v) is 6.50. The van der Waals surface area contributed by atoms with E-state index in [4.69, 9.17) is 13.9 Å². The Morgan fingerprint density at radius 2 is 1.90 bits per heavy atom. The van der Waals surface area contributed by atoms with Gasteiger partial charge in [-0.15, -0.1) is 0 Å². The fourth-order valence-electron chi connectivity index (χ4n) is 3.16. The number of ether oxygens (including phenoxy) is 2. The number of aromatic nitrogens is 2. The van der Waals surface area contributed by atoms with Crippen molar-refractivity contribution in [1.82, 2.24) is 9.97 Å². The van der Waals surface area contributed by atoms with Gasteiger partial charge in [0.25, 0.3) is 0 Å². The van der Waals surface area contributed by atoms with E-state index in [-0.39, 0.29) is 5.91 Å². The largest absolute Gasteiger partial charge is 0.495 e. The minimum absolute atomic E-state index is 0.350. The average molecular weight is 416 g/mol. The van der Waals surface area contributed by atoms with Crippen LogP contribution in [0.15, 0.2) is 72.1 Å². The van der Waals surface area contributed by atoms with E-state index >= 15 is 0 Å². The van der Waals surface area contributed by atoms with E-state index in [2.05, 4.69) is 27.2 Å². The van der Waals surface area contributed by atoms with Gasteiger partial charge in [0.15, 0.2) is 0 Å². The predicted molar refractivity (Wildman–Crippen MR) is 119 cm³/mol. The monoisotopic (exact) mass is 416 g/mol. The van der Waals surface area contributed by atoms with Crippen molar-refractivity contribution in [3.8, 4) is 22.8 Å². The molecule has 0 atom stereocenters. The molecule has 0 aliphatic rings. The highest BCUT2D eigenvalue weighted by atomic mass is 16.5. The third-order valence-electron chi connectivity index (χ3n) is 4.66. The number of hydrogen-bond donors (Lipinski definition) is 2. The van der Waals surface area contributed by atoms with E-state index < -0.39 is 0 Å². The van der Waals surface area contributed by atoms with Crippen LogP contribution in [0.4, 0.5) is 17.2 Å². The van der Waals surface area contributed by atoms with Crippen LogP contribution in [-0.2, 0) is 4.79 Å². The van der Waals surface area contributed by atoms with Crippen molar-refractivity contribution in [3.05, 3.63) is 67.7 Å². The quantitative estimate of drug-likeness (QED) is 0.419. The van der Waals surface area contributed by atoms with Crippen LogP contribution in [0.5, 0.6) is 11.5 Å². The van der Waals surface area contributed by atoms with Gasteiger partial charge in [0.1, 0.15) is 29.4 Å². The molecule has 0 spiro atoms. The molecule has 2 aromatic heterocycles. The van der Waals surface area contributed by atoms with E-state index in [0.717, 1.165) is 11.3 Å². The molecule has 4 aromatic rings. The smallest absolute Gasteiger partial charge is 0.247 e. The van der Waals surface area contributed by atoms with Crippen LogP contribution in [0.1, 0.15) is 0 Å². The third kappa shape index (κ3) is 4.04. The van der Waals surface area contributed by atoms with E-state index in [1.54, 1.807) is 25.5 Å². The van der Waals surface area contributed by atoms with Crippen LogP contribution in [0.2, 0.25) is 0 Å². The number of furan rings is 1. The second kappa shape index (κ2) is 8.58. The summed E-state index contributed by atoms with van der Waals surface area (Å²) in [6, 6.07) is 12.9. The summed E-state index contributed by atoms with van der Waals surface area (Å²) in [5.41, 5.74) is 2.71. The van der Waals surface area contributed by atoms with Gasteiger partial charge in [0.2, 0.25) is 5.91 Å². The SMILES string of the molecule is C=CC(=O)Nc1cc2c(Nc3cc(-c4ccco4)ccc3OC)ncnc2cc1OC. The Bertz CT molecular complexity index is 1250. The number of carbonyl (C=O) groups is 1. The molecule has 8 heteroatoms. The first-order chi connectivity index (χ1) is 15.1. The number of nitrogens with one attached hydrogen (secondary N) is 2. The van der Waals surface area contributed by atoms with E-state index in [9.17, 15) is 4.79 Å². The Labute approximate surface area is 178 Å². The highest BCUT2D eigenvalue weighted by Gasteiger charge is 2.14. The van der Waals surface area contributed by atoms with Crippen LogP contribution < -0.4 is 20.1 Å². The Balaban J connectivity index is 1.79. The topological polar surface area (TPSA) is 98.5 Å². The minimum atomic E-state index is -0.350. The second-order valence-electron chi connectivity index (χ2n) is 6.50. The zero-order valence-corrected chi connectivity index (χ0v) is 17.0. The Kier molecular flexibility index (Phi) is 5.53. The van der Waals surface area contributed by atoms with Crippen molar-refractivity contribution in [3.63, 3.8) is 0 Å². The molecule has 0 aliphatic heterocycles. The molecular weight excluding hydrogens is 396 g/mol. The van der Waals surface area contributed by atoms with Gasteiger partial charge in [-0.25, -0.2) is 9.97 Å². The molecule has 0 aliphatic carbocycles. The molecule has 0 bridgehead atoms. The molecule has 0 radical (unpaired) electrons. The minimum Gasteiger partial charge on any atom is -0.495 e. The molecule has 0 fully saturated rings. The highest BCUT2D eigenvalue weighted by molar-refractivity contribution is 6.03. The molecule has 156 valence electrons. The maximum absolute atomic E-state index is 11.8. The lowest BCUT2D eigenvalue weighted by atomic mass is 10.1. The summed E-state index contributed by atoms with van der Waals surface area (Å²) in [7, 11) is 3.12.